The van der Waals surface area contributed by atoms with Crippen LogP contribution >= 0.6 is 11.8 Å². The molecule has 4 rings (SSSR count). The largest absolute Gasteiger partial charge is 0.473 e. The van der Waals surface area contributed by atoms with Gasteiger partial charge in [-0.05, 0) is 48.8 Å². The summed E-state index contributed by atoms with van der Waals surface area (Å²) < 4.78 is 5.94. The molecule has 2 aliphatic heterocycles. The molecule has 0 bridgehead atoms. The number of anilines is 1. The van der Waals surface area contributed by atoms with Gasteiger partial charge in [0.25, 0.3) is 5.91 Å². The van der Waals surface area contributed by atoms with Crippen molar-refractivity contribution in [3.63, 3.8) is 0 Å². The van der Waals surface area contributed by atoms with E-state index in [1.807, 2.05) is 30.1 Å². The van der Waals surface area contributed by atoms with Gasteiger partial charge in [-0.1, -0.05) is 6.07 Å². The highest BCUT2D eigenvalue weighted by Gasteiger charge is 2.21. The minimum Gasteiger partial charge on any atom is -0.473 e. The molecule has 1 N–H and O–H groups in total. The number of amides is 1. The van der Waals surface area contributed by atoms with Crippen molar-refractivity contribution in [1.29, 1.82) is 0 Å². The Kier molecular flexibility index (Phi) is 5.77. The molecule has 2 fully saturated rings. The van der Waals surface area contributed by atoms with E-state index in [0.717, 1.165) is 42.4 Å². The van der Waals surface area contributed by atoms with Crippen LogP contribution in [0.3, 0.4) is 0 Å². The highest BCUT2D eigenvalue weighted by Crippen LogP contribution is 2.24. The van der Waals surface area contributed by atoms with Crippen LogP contribution in [0.5, 0.6) is 5.88 Å². The highest BCUT2D eigenvalue weighted by atomic mass is 32.2. The van der Waals surface area contributed by atoms with E-state index >= 15 is 0 Å². The van der Waals surface area contributed by atoms with Crippen LogP contribution in [0.4, 0.5) is 5.82 Å². The summed E-state index contributed by atoms with van der Waals surface area (Å²) in [6, 6.07) is 7.58. The number of thioether (sulfide) groups is 1. The van der Waals surface area contributed by atoms with Gasteiger partial charge in [0, 0.05) is 37.8 Å². The van der Waals surface area contributed by atoms with Crippen LogP contribution in [0.15, 0.2) is 36.7 Å². The first-order valence-electron chi connectivity index (χ1n) is 9.47. The number of nitrogens with zero attached hydrogens (tertiary/aromatic N) is 3. The number of hydrogen-bond donors (Lipinski definition) is 1. The summed E-state index contributed by atoms with van der Waals surface area (Å²) in [6.45, 7) is 2.58. The van der Waals surface area contributed by atoms with Crippen LogP contribution < -0.4 is 15.0 Å². The third-order valence-electron chi connectivity index (χ3n) is 4.87. The lowest BCUT2D eigenvalue weighted by atomic mass is 10.2. The van der Waals surface area contributed by atoms with Crippen molar-refractivity contribution in [3.8, 4) is 5.88 Å². The Hall–Kier alpha value is -2.28. The van der Waals surface area contributed by atoms with Gasteiger partial charge in [0.15, 0.2) is 0 Å². The van der Waals surface area contributed by atoms with Gasteiger partial charge in [-0.15, -0.1) is 0 Å². The first kappa shape index (κ1) is 18.1. The van der Waals surface area contributed by atoms with Gasteiger partial charge in [0.2, 0.25) is 5.88 Å². The smallest absolute Gasteiger partial charge is 0.257 e. The molecule has 142 valence electrons. The molecule has 1 atom stereocenters. The van der Waals surface area contributed by atoms with Crippen LogP contribution in [-0.4, -0.2) is 46.6 Å². The van der Waals surface area contributed by atoms with Crippen molar-refractivity contribution in [2.75, 3.05) is 29.5 Å². The minimum atomic E-state index is -0.174. The second kappa shape index (κ2) is 8.61. The maximum Gasteiger partial charge on any atom is 0.257 e. The summed E-state index contributed by atoms with van der Waals surface area (Å²) in [5.41, 5.74) is 1.46. The maximum absolute atomic E-state index is 12.6. The lowest BCUT2D eigenvalue weighted by Gasteiger charge is -2.16. The molecule has 0 saturated carbocycles. The summed E-state index contributed by atoms with van der Waals surface area (Å²) in [5.74, 6) is 3.31. The van der Waals surface area contributed by atoms with E-state index in [2.05, 4.69) is 20.2 Å². The standard InChI is InChI=1S/C20H24N4O2S/c25-19(17-4-3-8-21-20(17)26-16-7-11-27-14-16)23-13-15-5-6-18(22-12-15)24-9-1-2-10-24/h3-6,8,12,16H,1-2,7,9-11,13-14H2,(H,23,25). The average molecular weight is 385 g/mol. The van der Waals surface area contributed by atoms with Crippen molar-refractivity contribution in [3.05, 3.63) is 47.8 Å². The Labute approximate surface area is 163 Å². The fourth-order valence-corrected chi connectivity index (χ4v) is 4.45. The summed E-state index contributed by atoms with van der Waals surface area (Å²) in [6.07, 6.45) is 7.10. The molecule has 4 heterocycles. The number of aromatic nitrogens is 2. The molecular formula is C20H24N4O2S. The number of hydrogen-bond acceptors (Lipinski definition) is 6. The molecule has 0 radical (unpaired) electrons. The normalized spacial score (nSPS) is 19.3. The predicted molar refractivity (Wildman–Crippen MR) is 107 cm³/mol. The van der Waals surface area contributed by atoms with Gasteiger partial charge in [0.05, 0.1) is 0 Å². The first-order valence-corrected chi connectivity index (χ1v) is 10.6. The number of carbonyl (C=O) groups excluding carboxylic acids is 1. The van der Waals surface area contributed by atoms with Crippen LogP contribution in [0.1, 0.15) is 35.2 Å². The van der Waals surface area contributed by atoms with Gasteiger partial charge in [0.1, 0.15) is 17.5 Å². The van der Waals surface area contributed by atoms with Crippen molar-refractivity contribution in [2.45, 2.75) is 31.9 Å². The zero-order chi connectivity index (χ0) is 18.5. The molecular weight excluding hydrogens is 360 g/mol. The van der Waals surface area contributed by atoms with Gasteiger partial charge >= 0.3 is 0 Å². The van der Waals surface area contributed by atoms with Gasteiger partial charge in [-0.3, -0.25) is 4.79 Å². The third-order valence-corrected chi connectivity index (χ3v) is 6.01. The zero-order valence-electron chi connectivity index (χ0n) is 15.3. The van der Waals surface area contributed by atoms with E-state index in [1.54, 1.807) is 18.3 Å². The number of ether oxygens (including phenoxy) is 1. The molecule has 1 amide bonds. The summed E-state index contributed by atoms with van der Waals surface area (Å²) in [5, 5.41) is 2.95. The lowest BCUT2D eigenvalue weighted by Crippen LogP contribution is -2.25. The third kappa shape index (κ3) is 4.53. The van der Waals surface area contributed by atoms with E-state index < -0.39 is 0 Å². The average Bonchev–Trinajstić information content (AvgIpc) is 3.41. The lowest BCUT2D eigenvalue weighted by molar-refractivity contribution is 0.0943. The molecule has 0 aliphatic carbocycles. The topological polar surface area (TPSA) is 67.4 Å². The SMILES string of the molecule is O=C(NCc1ccc(N2CCCC2)nc1)c1cccnc1OC1CCSC1. The molecule has 2 saturated heterocycles. The number of nitrogens with one attached hydrogen (secondary N) is 1. The second-order valence-electron chi connectivity index (χ2n) is 6.86. The number of pyridine rings is 2. The van der Waals surface area contributed by atoms with Crippen LogP contribution in [0, 0.1) is 0 Å². The molecule has 2 aliphatic rings. The van der Waals surface area contributed by atoms with Crippen molar-refractivity contribution in [1.82, 2.24) is 15.3 Å². The molecule has 2 aromatic rings. The van der Waals surface area contributed by atoms with Crippen LogP contribution in [0.2, 0.25) is 0 Å². The first-order chi connectivity index (χ1) is 13.3. The molecule has 27 heavy (non-hydrogen) atoms. The zero-order valence-corrected chi connectivity index (χ0v) is 16.1. The fraction of sp³-hybridized carbons (Fsp3) is 0.450. The van der Waals surface area contributed by atoms with Gasteiger partial charge < -0.3 is 15.0 Å². The van der Waals surface area contributed by atoms with Crippen LogP contribution in [-0.2, 0) is 6.54 Å². The van der Waals surface area contributed by atoms with Crippen molar-refractivity contribution in [2.24, 2.45) is 0 Å². The molecule has 0 spiro atoms. The minimum absolute atomic E-state index is 0.138. The maximum atomic E-state index is 12.6. The van der Waals surface area contributed by atoms with E-state index in [9.17, 15) is 4.79 Å². The molecule has 2 aromatic heterocycles. The van der Waals surface area contributed by atoms with Gasteiger partial charge in [-0.25, -0.2) is 9.97 Å². The summed E-state index contributed by atoms with van der Waals surface area (Å²) >= 11 is 1.87. The predicted octanol–water partition coefficient (Wildman–Crippen LogP) is 2.89. The quantitative estimate of drug-likeness (QED) is 0.826. The number of rotatable bonds is 6. The Balaban J connectivity index is 1.36. The van der Waals surface area contributed by atoms with Gasteiger partial charge in [-0.2, -0.15) is 11.8 Å². The van der Waals surface area contributed by atoms with E-state index in [0.29, 0.717) is 18.0 Å². The second-order valence-corrected chi connectivity index (χ2v) is 8.01. The monoisotopic (exact) mass is 384 g/mol. The van der Waals surface area contributed by atoms with E-state index in [-0.39, 0.29) is 12.0 Å². The number of carbonyl (C=O) groups is 1. The highest BCUT2D eigenvalue weighted by molar-refractivity contribution is 7.99. The van der Waals surface area contributed by atoms with Crippen molar-refractivity contribution < 1.29 is 9.53 Å². The van der Waals surface area contributed by atoms with Crippen molar-refractivity contribution >= 4 is 23.5 Å². The van der Waals surface area contributed by atoms with E-state index in [1.165, 1.54) is 12.8 Å². The summed E-state index contributed by atoms with van der Waals surface area (Å²) in [7, 11) is 0. The Morgan fingerprint density at radius 3 is 2.89 bits per heavy atom. The molecule has 1 unspecified atom stereocenters. The molecule has 6 nitrogen and oxygen atoms in total. The molecule has 7 heteroatoms. The Morgan fingerprint density at radius 1 is 1.26 bits per heavy atom. The molecule has 0 aromatic carbocycles. The Morgan fingerprint density at radius 2 is 2.15 bits per heavy atom. The van der Waals surface area contributed by atoms with Crippen LogP contribution in [0.25, 0.3) is 0 Å². The summed E-state index contributed by atoms with van der Waals surface area (Å²) in [4.78, 5) is 23.7. The fourth-order valence-electron chi connectivity index (χ4n) is 3.35. The van der Waals surface area contributed by atoms with E-state index in [4.69, 9.17) is 4.74 Å². The Bertz CT molecular complexity index is 772.